The summed E-state index contributed by atoms with van der Waals surface area (Å²) in [6.07, 6.45) is -0.861. The van der Waals surface area contributed by atoms with Gasteiger partial charge < -0.3 is 5.11 Å². The maximum absolute atomic E-state index is 11.8. The molecule has 3 nitrogen and oxygen atoms in total. The molecule has 0 heterocycles. The van der Waals surface area contributed by atoms with Crippen molar-refractivity contribution in [2.75, 3.05) is 0 Å². The molecule has 0 amide bonds. The Bertz CT molecular complexity index is 381. The third-order valence-electron chi connectivity index (χ3n) is 2.24. The molecule has 0 saturated carbocycles. The fourth-order valence-corrected chi connectivity index (χ4v) is 2.57. The Balaban J connectivity index is 3.10. The molecule has 0 aliphatic heterocycles. The van der Waals surface area contributed by atoms with Crippen LogP contribution in [-0.2, 0) is 9.84 Å². The van der Waals surface area contributed by atoms with Gasteiger partial charge in [0, 0.05) is 0 Å². The van der Waals surface area contributed by atoms with E-state index in [2.05, 4.69) is 0 Å². The first-order valence-corrected chi connectivity index (χ1v) is 5.98. The summed E-state index contributed by atoms with van der Waals surface area (Å²) in [4.78, 5) is 0.258. The fourth-order valence-electron chi connectivity index (χ4n) is 1.08. The fraction of sp³-hybridized carbons (Fsp3) is 0.400. The molecular formula is C10H14O3S. The lowest BCUT2D eigenvalue weighted by atomic mass is 10.3. The molecule has 1 aromatic carbocycles. The van der Waals surface area contributed by atoms with E-state index in [4.69, 9.17) is 0 Å². The maximum Gasteiger partial charge on any atom is 0.183 e. The summed E-state index contributed by atoms with van der Waals surface area (Å²) in [5, 5.41) is 8.47. The van der Waals surface area contributed by atoms with Crippen molar-refractivity contribution in [2.45, 2.75) is 30.1 Å². The number of aliphatic hydroxyl groups excluding tert-OH is 1. The van der Waals surface area contributed by atoms with E-state index >= 15 is 0 Å². The molecule has 0 spiro atoms. The number of hydrogen-bond donors (Lipinski definition) is 1. The molecule has 0 aliphatic carbocycles. The van der Waals surface area contributed by atoms with Crippen LogP contribution in [0.5, 0.6) is 0 Å². The molecule has 0 radical (unpaired) electrons. The summed E-state index contributed by atoms with van der Waals surface area (Å²) in [6.45, 7) is 2.98. The smallest absolute Gasteiger partial charge is 0.183 e. The Kier molecular flexibility index (Phi) is 3.29. The van der Waals surface area contributed by atoms with Crippen molar-refractivity contribution in [3.05, 3.63) is 30.3 Å². The van der Waals surface area contributed by atoms with Crippen LogP contribution in [0.4, 0.5) is 0 Å². The molecule has 0 fully saturated rings. The van der Waals surface area contributed by atoms with Crippen LogP contribution >= 0.6 is 0 Å². The second kappa shape index (κ2) is 4.11. The highest BCUT2D eigenvalue weighted by atomic mass is 32.2. The zero-order chi connectivity index (χ0) is 10.8. The Labute approximate surface area is 84.3 Å². The number of benzene rings is 1. The van der Waals surface area contributed by atoms with Gasteiger partial charge in [-0.05, 0) is 26.0 Å². The molecule has 78 valence electrons. The van der Waals surface area contributed by atoms with Crippen molar-refractivity contribution in [1.82, 2.24) is 0 Å². The number of sulfone groups is 1. The molecule has 14 heavy (non-hydrogen) atoms. The van der Waals surface area contributed by atoms with Gasteiger partial charge in [-0.25, -0.2) is 8.42 Å². The van der Waals surface area contributed by atoms with E-state index < -0.39 is 21.2 Å². The summed E-state index contributed by atoms with van der Waals surface area (Å²) in [5.41, 5.74) is 0. The number of aliphatic hydroxyl groups is 1. The molecule has 2 atom stereocenters. The zero-order valence-corrected chi connectivity index (χ0v) is 9.03. The van der Waals surface area contributed by atoms with Gasteiger partial charge in [-0.3, -0.25) is 0 Å². The van der Waals surface area contributed by atoms with E-state index in [0.29, 0.717) is 0 Å². The van der Waals surface area contributed by atoms with E-state index in [1.54, 1.807) is 18.2 Å². The number of rotatable bonds is 3. The average Bonchev–Trinajstić information content (AvgIpc) is 2.18. The zero-order valence-electron chi connectivity index (χ0n) is 8.21. The largest absolute Gasteiger partial charge is 0.392 e. The summed E-state index contributed by atoms with van der Waals surface area (Å²) >= 11 is 0. The van der Waals surface area contributed by atoms with Crippen LogP contribution in [-0.4, -0.2) is 24.9 Å². The summed E-state index contributed by atoms with van der Waals surface area (Å²) in [5.74, 6) is 0. The molecule has 0 saturated heterocycles. The third-order valence-corrected chi connectivity index (χ3v) is 4.54. The minimum absolute atomic E-state index is 0.258. The second-order valence-corrected chi connectivity index (χ2v) is 5.61. The maximum atomic E-state index is 11.8. The lowest BCUT2D eigenvalue weighted by Gasteiger charge is -2.15. The van der Waals surface area contributed by atoms with Gasteiger partial charge in [-0.1, -0.05) is 18.2 Å². The molecular weight excluding hydrogens is 200 g/mol. The summed E-state index contributed by atoms with van der Waals surface area (Å²) in [7, 11) is -3.39. The van der Waals surface area contributed by atoms with Gasteiger partial charge in [0.1, 0.15) is 0 Å². The van der Waals surface area contributed by atoms with E-state index in [9.17, 15) is 13.5 Å². The molecule has 4 heteroatoms. The van der Waals surface area contributed by atoms with Crippen LogP contribution in [0.25, 0.3) is 0 Å². The molecule has 1 N–H and O–H groups in total. The van der Waals surface area contributed by atoms with Crippen LogP contribution in [0.3, 0.4) is 0 Å². The van der Waals surface area contributed by atoms with Crippen molar-refractivity contribution in [1.29, 1.82) is 0 Å². The van der Waals surface area contributed by atoms with Crippen LogP contribution in [0, 0.1) is 0 Å². The Morgan fingerprint density at radius 1 is 1.14 bits per heavy atom. The summed E-state index contributed by atoms with van der Waals surface area (Å²) in [6, 6.07) is 8.16. The molecule has 1 aromatic rings. The second-order valence-electron chi connectivity index (χ2n) is 3.30. The molecule has 1 rings (SSSR count). The van der Waals surface area contributed by atoms with Crippen LogP contribution in [0.2, 0.25) is 0 Å². The Hall–Kier alpha value is -0.870. The monoisotopic (exact) mass is 214 g/mol. The highest BCUT2D eigenvalue weighted by Gasteiger charge is 2.26. The van der Waals surface area contributed by atoms with Gasteiger partial charge in [0.05, 0.1) is 16.2 Å². The number of hydrogen-bond acceptors (Lipinski definition) is 3. The van der Waals surface area contributed by atoms with Crippen molar-refractivity contribution >= 4 is 9.84 Å². The normalized spacial score (nSPS) is 16.2. The lowest BCUT2D eigenvalue weighted by molar-refractivity contribution is 0.193. The SMILES string of the molecule is C[C@H](O)[C@H](C)S(=O)(=O)c1ccccc1. The predicted molar refractivity (Wildman–Crippen MR) is 54.8 cm³/mol. The van der Waals surface area contributed by atoms with Crippen molar-refractivity contribution in [2.24, 2.45) is 0 Å². The van der Waals surface area contributed by atoms with E-state index in [0.717, 1.165) is 0 Å². The molecule has 0 bridgehead atoms. The lowest BCUT2D eigenvalue weighted by Crippen LogP contribution is -2.28. The third kappa shape index (κ3) is 2.13. The topological polar surface area (TPSA) is 54.4 Å². The standard InChI is InChI=1S/C10H14O3S/c1-8(11)9(2)14(12,13)10-6-4-3-5-7-10/h3-9,11H,1-2H3/t8-,9-/m0/s1. The van der Waals surface area contributed by atoms with Crippen LogP contribution in [0.1, 0.15) is 13.8 Å². The predicted octanol–water partition coefficient (Wildman–Crippen LogP) is 1.23. The van der Waals surface area contributed by atoms with Gasteiger partial charge in [0.25, 0.3) is 0 Å². The van der Waals surface area contributed by atoms with E-state index in [-0.39, 0.29) is 4.90 Å². The quantitative estimate of drug-likeness (QED) is 0.823. The highest BCUT2D eigenvalue weighted by Crippen LogP contribution is 2.17. The van der Waals surface area contributed by atoms with Crippen molar-refractivity contribution in [3.8, 4) is 0 Å². The molecule has 0 unspecified atom stereocenters. The molecule has 0 aliphatic rings. The summed E-state index contributed by atoms with van der Waals surface area (Å²) < 4.78 is 23.6. The Morgan fingerprint density at radius 3 is 2.07 bits per heavy atom. The minimum atomic E-state index is -3.39. The van der Waals surface area contributed by atoms with Gasteiger partial charge in [-0.2, -0.15) is 0 Å². The van der Waals surface area contributed by atoms with Gasteiger partial charge >= 0.3 is 0 Å². The first-order valence-electron chi connectivity index (χ1n) is 4.43. The van der Waals surface area contributed by atoms with Crippen LogP contribution in [0.15, 0.2) is 35.2 Å². The minimum Gasteiger partial charge on any atom is -0.392 e. The first-order chi connectivity index (χ1) is 6.46. The van der Waals surface area contributed by atoms with Gasteiger partial charge in [-0.15, -0.1) is 0 Å². The first kappa shape index (κ1) is 11.2. The van der Waals surface area contributed by atoms with Gasteiger partial charge in [0.15, 0.2) is 9.84 Å². The van der Waals surface area contributed by atoms with E-state index in [1.807, 2.05) is 0 Å². The van der Waals surface area contributed by atoms with Crippen molar-refractivity contribution < 1.29 is 13.5 Å². The van der Waals surface area contributed by atoms with E-state index in [1.165, 1.54) is 26.0 Å². The highest BCUT2D eigenvalue weighted by molar-refractivity contribution is 7.92. The Morgan fingerprint density at radius 2 is 1.64 bits per heavy atom. The van der Waals surface area contributed by atoms with Gasteiger partial charge in [0.2, 0.25) is 0 Å². The van der Waals surface area contributed by atoms with Crippen LogP contribution < -0.4 is 0 Å². The molecule has 0 aromatic heterocycles. The van der Waals surface area contributed by atoms with Crippen molar-refractivity contribution in [3.63, 3.8) is 0 Å². The average molecular weight is 214 g/mol.